The molecule has 0 radical (unpaired) electrons. The SMILES string of the molecule is Cn1cnc(C(=O)c2ccc3c(c2)OCCCO3)c1. The maximum Gasteiger partial charge on any atom is 0.213 e. The molecule has 0 bridgehead atoms. The van der Waals surface area contributed by atoms with Crippen molar-refractivity contribution in [3.05, 3.63) is 42.0 Å². The van der Waals surface area contributed by atoms with Crippen LogP contribution in [-0.2, 0) is 7.05 Å². The Labute approximate surface area is 110 Å². The van der Waals surface area contributed by atoms with Crippen LogP contribution in [-0.4, -0.2) is 28.5 Å². The summed E-state index contributed by atoms with van der Waals surface area (Å²) in [6.45, 7) is 1.24. The number of aromatic nitrogens is 2. The van der Waals surface area contributed by atoms with Crippen LogP contribution < -0.4 is 9.47 Å². The minimum atomic E-state index is -0.115. The van der Waals surface area contributed by atoms with Crippen LogP contribution in [0.4, 0.5) is 0 Å². The van der Waals surface area contributed by atoms with Crippen LogP contribution >= 0.6 is 0 Å². The van der Waals surface area contributed by atoms with Gasteiger partial charge in [0.05, 0.1) is 19.5 Å². The highest BCUT2D eigenvalue weighted by Crippen LogP contribution is 2.30. The van der Waals surface area contributed by atoms with Gasteiger partial charge in [0.1, 0.15) is 5.69 Å². The number of fused-ring (bicyclic) bond motifs is 1. The molecule has 1 aromatic heterocycles. The van der Waals surface area contributed by atoms with Crippen LogP contribution in [0.25, 0.3) is 0 Å². The van der Waals surface area contributed by atoms with E-state index in [1.54, 1.807) is 35.3 Å². The van der Waals surface area contributed by atoms with Gasteiger partial charge >= 0.3 is 0 Å². The molecule has 5 heteroatoms. The van der Waals surface area contributed by atoms with Gasteiger partial charge in [0.25, 0.3) is 0 Å². The van der Waals surface area contributed by atoms with E-state index in [-0.39, 0.29) is 5.78 Å². The minimum Gasteiger partial charge on any atom is -0.490 e. The van der Waals surface area contributed by atoms with Gasteiger partial charge in [-0.1, -0.05) is 0 Å². The van der Waals surface area contributed by atoms with Crippen molar-refractivity contribution in [2.45, 2.75) is 6.42 Å². The number of hydrogen-bond donors (Lipinski definition) is 0. The van der Waals surface area contributed by atoms with E-state index < -0.39 is 0 Å². The van der Waals surface area contributed by atoms with Crippen LogP contribution in [0.5, 0.6) is 11.5 Å². The third-order valence-corrected chi connectivity index (χ3v) is 2.95. The van der Waals surface area contributed by atoms with Crippen molar-refractivity contribution in [2.75, 3.05) is 13.2 Å². The molecule has 5 nitrogen and oxygen atoms in total. The number of imidazole rings is 1. The second kappa shape index (κ2) is 4.76. The highest BCUT2D eigenvalue weighted by atomic mass is 16.5. The topological polar surface area (TPSA) is 53.4 Å². The van der Waals surface area contributed by atoms with Gasteiger partial charge in [-0.2, -0.15) is 0 Å². The van der Waals surface area contributed by atoms with Crippen LogP contribution in [0.2, 0.25) is 0 Å². The summed E-state index contributed by atoms with van der Waals surface area (Å²) >= 11 is 0. The Morgan fingerprint density at radius 3 is 2.79 bits per heavy atom. The van der Waals surface area contributed by atoms with Crippen molar-refractivity contribution in [1.82, 2.24) is 9.55 Å². The molecule has 0 aliphatic carbocycles. The molecule has 0 saturated carbocycles. The highest BCUT2D eigenvalue weighted by molar-refractivity contribution is 6.07. The van der Waals surface area contributed by atoms with Crippen molar-refractivity contribution in [2.24, 2.45) is 7.05 Å². The van der Waals surface area contributed by atoms with E-state index in [9.17, 15) is 4.79 Å². The predicted octanol–water partition coefficient (Wildman–Crippen LogP) is 1.81. The summed E-state index contributed by atoms with van der Waals surface area (Å²) in [7, 11) is 1.83. The number of rotatable bonds is 2. The molecule has 3 rings (SSSR count). The van der Waals surface area contributed by atoms with Crippen molar-refractivity contribution >= 4 is 5.78 Å². The van der Waals surface area contributed by atoms with Gasteiger partial charge in [-0.15, -0.1) is 0 Å². The van der Waals surface area contributed by atoms with E-state index >= 15 is 0 Å². The van der Waals surface area contributed by atoms with Crippen molar-refractivity contribution in [3.8, 4) is 11.5 Å². The monoisotopic (exact) mass is 258 g/mol. The normalized spacial score (nSPS) is 13.9. The van der Waals surface area contributed by atoms with Crippen LogP contribution in [0.3, 0.4) is 0 Å². The molecule has 1 aliphatic heterocycles. The van der Waals surface area contributed by atoms with Crippen molar-refractivity contribution in [3.63, 3.8) is 0 Å². The average molecular weight is 258 g/mol. The molecule has 98 valence electrons. The number of aryl methyl sites for hydroxylation is 1. The number of carbonyl (C=O) groups excluding carboxylic acids is 1. The molecular weight excluding hydrogens is 244 g/mol. The molecule has 0 amide bonds. The van der Waals surface area contributed by atoms with E-state index in [0.29, 0.717) is 36.0 Å². The first-order chi connectivity index (χ1) is 9.24. The second-order valence-electron chi connectivity index (χ2n) is 4.47. The summed E-state index contributed by atoms with van der Waals surface area (Å²) in [4.78, 5) is 16.3. The Bertz CT molecular complexity index is 619. The van der Waals surface area contributed by atoms with E-state index in [2.05, 4.69) is 4.98 Å². The Morgan fingerprint density at radius 2 is 2.05 bits per heavy atom. The molecule has 1 aliphatic rings. The number of carbonyl (C=O) groups is 1. The van der Waals surface area contributed by atoms with E-state index in [1.165, 1.54) is 0 Å². The lowest BCUT2D eigenvalue weighted by Gasteiger charge is -2.08. The Hall–Kier alpha value is -2.30. The number of ketones is 1. The Balaban J connectivity index is 1.93. The maximum atomic E-state index is 12.3. The van der Waals surface area contributed by atoms with Crippen LogP contribution in [0.15, 0.2) is 30.7 Å². The maximum absolute atomic E-state index is 12.3. The molecule has 0 spiro atoms. The molecule has 2 aromatic rings. The third-order valence-electron chi connectivity index (χ3n) is 2.95. The van der Waals surface area contributed by atoms with Gasteiger partial charge in [-0.25, -0.2) is 4.98 Å². The first-order valence-corrected chi connectivity index (χ1v) is 6.16. The largest absolute Gasteiger partial charge is 0.490 e. The van der Waals surface area contributed by atoms with Crippen molar-refractivity contribution < 1.29 is 14.3 Å². The van der Waals surface area contributed by atoms with Gasteiger partial charge < -0.3 is 14.0 Å². The van der Waals surface area contributed by atoms with Gasteiger partial charge in [0.2, 0.25) is 5.78 Å². The lowest BCUT2D eigenvalue weighted by Crippen LogP contribution is -2.03. The van der Waals surface area contributed by atoms with Gasteiger partial charge in [-0.05, 0) is 18.2 Å². The molecule has 19 heavy (non-hydrogen) atoms. The first kappa shape index (κ1) is 11.8. The van der Waals surface area contributed by atoms with E-state index in [1.807, 2.05) is 7.05 Å². The van der Waals surface area contributed by atoms with Crippen LogP contribution in [0.1, 0.15) is 22.5 Å². The Morgan fingerprint density at radius 1 is 1.26 bits per heavy atom. The zero-order valence-corrected chi connectivity index (χ0v) is 10.6. The lowest BCUT2D eigenvalue weighted by atomic mass is 10.1. The molecule has 0 saturated heterocycles. The number of hydrogen-bond acceptors (Lipinski definition) is 4. The predicted molar refractivity (Wildman–Crippen MR) is 68.7 cm³/mol. The molecule has 2 heterocycles. The fraction of sp³-hybridized carbons (Fsp3) is 0.286. The van der Waals surface area contributed by atoms with Crippen LogP contribution in [0, 0.1) is 0 Å². The summed E-state index contributed by atoms with van der Waals surface area (Å²) in [5, 5.41) is 0. The Kier molecular flexibility index (Phi) is 2.95. The number of nitrogens with zero attached hydrogens (tertiary/aromatic N) is 2. The standard InChI is InChI=1S/C14H14N2O3/c1-16-8-11(15-9-16)14(17)10-3-4-12-13(7-10)19-6-2-5-18-12/h3-4,7-9H,2,5-6H2,1H3. The molecule has 1 aromatic carbocycles. The number of benzene rings is 1. The fourth-order valence-electron chi connectivity index (χ4n) is 1.98. The third kappa shape index (κ3) is 2.31. The van der Waals surface area contributed by atoms with E-state index in [0.717, 1.165) is 6.42 Å². The summed E-state index contributed by atoms with van der Waals surface area (Å²) in [6, 6.07) is 5.24. The van der Waals surface area contributed by atoms with Gasteiger partial charge in [0, 0.05) is 25.2 Å². The van der Waals surface area contributed by atoms with Gasteiger partial charge in [-0.3, -0.25) is 4.79 Å². The first-order valence-electron chi connectivity index (χ1n) is 6.16. The number of ether oxygens (including phenoxy) is 2. The highest BCUT2D eigenvalue weighted by Gasteiger charge is 2.16. The summed E-state index contributed by atoms with van der Waals surface area (Å²) in [6.07, 6.45) is 4.15. The molecule has 0 atom stereocenters. The minimum absolute atomic E-state index is 0.115. The molecule has 0 N–H and O–H groups in total. The van der Waals surface area contributed by atoms with E-state index in [4.69, 9.17) is 9.47 Å². The second-order valence-corrected chi connectivity index (χ2v) is 4.47. The molecule has 0 fully saturated rings. The van der Waals surface area contributed by atoms with Crippen molar-refractivity contribution in [1.29, 1.82) is 0 Å². The smallest absolute Gasteiger partial charge is 0.213 e. The summed E-state index contributed by atoms with van der Waals surface area (Å²) in [5.74, 6) is 1.20. The summed E-state index contributed by atoms with van der Waals surface area (Å²) in [5.41, 5.74) is 0.986. The average Bonchev–Trinajstić information content (AvgIpc) is 2.72. The fourth-order valence-corrected chi connectivity index (χ4v) is 1.98. The zero-order chi connectivity index (χ0) is 13.2. The van der Waals surface area contributed by atoms with Gasteiger partial charge in [0.15, 0.2) is 11.5 Å². The molecular formula is C14H14N2O3. The molecule has 0 unspecified atom stereocenters. The lowest BCUT2D eigenvalue weighted by molar-refractivity contribution is 0.103. The quantitative estimate of drug-likeness (QED) is 0.771. The zero-order valence-electron chi connectivity index (χ0n) is 10.6. The summed E-state index contributed by atoms with van der Waals surface area (Å²) < 4.78 is 12.9.